The van der Waals surface area contributed by atoms with Gasteiger partial charge in [-0.25, -0.2) is 0 Å². The molecule has 1 aromatic carbocycles. The van der Waals surface area contributed by atoms with E-state index in [1.807, 2.05) is 6.07 Å². The fraction of sp³-hybridized carbons (Fsp3) is 0.579. The normalized spacial score (nSPS) is 25.9. The third-order valence-electron chi connectivity index (χ3n) is 5.41. The summed E-state index contributed by atoms with van der Waals surface area (Å²) in [6, 6.07) is 10.9. The first-order valence-electron chi connectivity index (χ1n) is 8.66. The molecular weight excluding hydrogens is 290 g/mol. The fourth-order valence-corrected chi connectivity index (χ4v) is 3.88. The molecule has 1 N–H and O–H groups in total. The van der Waals surface area contributed by atoms with Crippen LogP contribution in [0.15, 0.2) is 30.3 Å². The highest BCUT2D eigenvalue weighted by molar-refractivity contribution is 5.77. The van der Waals surface area contributed by atoms with Gasteiger partial charge in [0.2, 0.25) is 5.91 Å². The average molecular weight is 315 g/mol. The first kappa shape index (κ1) is 16.0. The van der Waals surface area contributed by atoms with Crippen LogP contribution in [0.5, 0.6) is 0 Å². The van der Waals surface area contributed by atoms with Crippen LogP contribution in [0.25, 0.3) is 0 Å². The molecule has 23 heavy (non-hydrogen) atoms. The Bertz CT molecular complexity index is 531. The minimum atomic E-state index is -0.521. The molecule has 1 amide bonds. The molecule has 4 nitrogen and oxygen atoms in total. The molecule has 2 aliphatic rings. The summed E-state index contributed by atoms with van der Waals surface area (Å²) in [7, 11) is 0. The molecule has 0 spiro atoms. The molecule has 0 aromatic heterocycles. The van der Waals surface area contributed by atoms with Crippen LogP contribution in [-0.4, -0.2) is 24.0 Å². The number of amides is 1. The Labute approximate surface area is 137 Å². The smallest absolute Gasteiger partial charge is 0.293 e. The highest BCUT2D eigenvalue weighted by Gasteiger charge is 2.41. The summed E-state index contributed by atoms with van der Waals surface area (Å²) in [6.45, 7) is 0.484. The van der Waals surface area contributed by atoms with Crippen molar-refractivity contribution in [2.24, 2.45) is 0 Å². The molecule has 2 aliphatic carbocycles. The van der Waals surface area contributed by atoms with Gasteiger partial charge in [0.05, 0.1) is 6.42 Å². The van der Waals surface area contributed by atoms with Gasteiger partial charge in [-0.1, -0.05) is 30.3 Å². The molecule has 2 saturated carbocycles. The summed E-state index contributed by atoms with van der Waals surface area (Å²) in [5, 5.41) is 3.14. The van der Waals surface area contributed by atoms with Crippen LogP contribution in [-0.2, 0) is 14.3 Å². The summed E-state index contributed by atoms with van der Waals surface area (Å²) < 4.78 is 5.16. The molecule has 0 aliphatic heterocycles. The maximum absolute atomic E-state index is 12.2. The molecule has 0 unspecified atom stereocenters. The molecule has 0 saturated heterocycles. The summed E-state index contributed by atoms with van der Waals surface area (Å²) in [5.74, 6) is 0.635. The van der Waals surface area contributed by atoms with E-state index >= 15 is 0 Å². The Hall–Kier alpha value is -1.84. The maximum Gasteiger partial charge on any atom is 0.293 e. The van der Waals surface area contributed by atoms with Crippen LogP contribution in [0.1, 0.15) is 62.8 Å². The maximum atomic E-state index is 12.2. The molecule has 2 fully saturated rings. The zero-order valence-corrected chi connectivity index (χ0v) is 13.5. The van der Waals surface area contributed by atoms with Crippen molar-refractivity contribution in [2.45, 2.75) is 68.9 Å². The second kappa shape index (κ2) is 7.16. The van der Waals surface area contributed by atoms with E-state index in [4.69, 9.17) is 4.74 Å². The Kier molecular flexibility index (Phi) is 4.99. The molecule has 1 aromatic rings. The topological polar surface area (TPSA) is 55.4 Å². The van der Waals surface area contributed by atoms with Gasteiger partial charge in [0.15, 0.2) is 0 Å². The number of hydrogen-bond acceptors (Lipinski definition) is 3. The lowest BCUT2D eigenvalue weighted by atomic mass is 9.77. The third kappa shape index (κ3) is 3.92. The van der Waals surface area contributed by atoms with Gasteiger partial charge in [0.1, 0.15) is 5.60 Å². The predicted octanol–water partition coefficient (Wildman–Crippen LogP) is 3.31. The van der Waals surface area contributed by atoms with Gasteiger partial charge in [-0.2, -0.15) is 0 Å². The first-order chi connectivity index (χ1) is 11.2. The van der Waals surface area contributed by atoms with E-state index in [1.54, 1.807) is 0 Å². The predicted molar refractivity (Wildman–Crippen MR) is 87.9 cm³/mol. The highest BCUT2D eigenvalue weighted by Crippen LogP contribution is 2.38. The number of carbonyl (C=O) groups is 2. The van der Waals surface area contributed by atoms with E-state index in [-0.39, 0.29) is 11.9 Å². The monoisotopic (exact) mass is 315 g/mol. The lowest BCUT2D eigenvalue weighted by Crippen LogP contribution is -2.46. The lowest BCUT2D eigenvalue weighted by molar-refractivity contribution is -0.157. The van der Waals surface area contributed by atoms with E-state index in [2.05, 4.69) is 29.6 Å². The zero-order valence-electron chi connectivity index (χ0n) is 13.5. The van der Waals surface area contributed by atoms with Gasteiger partial charge < -0.3 is 10.1 Å². The third-order valence-corrected chi connectivity index (χ3v) is 5.41. The lowest BCUT2D eigenvalue weighted by Gasteiger charge is -2.39. The van der Waals surface area contributed by atoms with Gasteiger partial charge in [0, 0.05) is 6.04 Å². The summed E-state index contributed by atoms with van der Waals surface area (Å²) in [4.78, 5) is 22.8. The number of rotatable bonds is 6. The Morgan fingerprint density at radius 2 is 1.87 bits per heavy atom. The number of nitrogens with one attached hydrogen (secondary N) is 1. The van der Waals surface area contributed by atoms with E-state index in [9.17, 15) is 9.59 Å². The largest absolute Gasteiger partial charge is 0.461 e. The second-order valence-corrected chi connectivity index (χ2v) is 6.95. The molecule has 0 atom stereocenters. The Morgan fingerprint density at radius 1 is 1.17 bits per heavy atom. The van der Waals surface area contributed by atoms with Crippen molar-refractivity contribution in [3.8, 4) is 0 Å². The van der Waals surface area contributed by atoms with Crippen LogP contribution in [0, 0.1) is 0 Å². The van der Waals surface area contributed by atoms with Crippen molar-refractivity contribution in [2.75, 3.05) is 0 Å². The highest BCUT2D eigenvalue weighted by atomic mass is 16.5. The van der Waals surface area contributed by atoms with Crippen LogP contribution in [0.4, 0.5) is 0 Å². The van der Waals surface area contributed by atoms with E-state index in [1.165, 1.54) is 5.56 Å². The van der Waals surface area contributed by atoms with Crippen LogP contribution in [0.2, 0.25) is 0 Å². The number of ether oxygens (including phenoxy) is 1. The van der Waals surface area contributed by atoms with Crippen molar-refractivity contribution in [3.05, 3.63) is 35.9 Å². The SMILES string of the molecule is O=COC1(CC(=O)NC2CCC(c3ccccc3)CC2)CCC1. The van der Waals surface area contributed by atoms with Gasteiger partial charge in [-0.15, -0.1) is 0 Å². The Balaban J connectivity index is 1.45. The van der Waals surface area contributed by atoms with Crippen molar-refractivity contribution in [1.29, 1.82) is 0 Å². The molecule has 4 heteroatoms. The first-order valence-corrected chi connectivity index (χ1v) is 8.66. The quantitative estimate of drug-likeness (QED) is 0.819. The number of carbonyl (C=O) groups excluding carboxylic acids is 2. The molecule has 3 rings (SSSR count). The number of benzene rings is 1. The summed E-state index contributed by atoms with van der Waals surface area (Å²) in [5.41, 5.74) is 0.887. The van der Waals surface area contributed by atoms with Crippen LogP contribution in [0.3, 0.4) is 0 Å². The minimum Gasteiger partial charge on any atom is -0.461 e. The molecular formula is C19H25NO3. The van der Waals surface area contributed by atoms with E-state index in [0.717, 1.165) is 44.9 Å². The molecule has 0 radical (unpaired) electrons. The van der Waals surface area contributed by atoms with Gasteiger partial charge in [0.25, 0.3) is 6.47 Å². The summed E-state index contributed by atoms with van der Waals surface area (Å²) >= 11 is 0. The van der Waals surface area contributed by atoms with Crippen LogP contribution >= 0.6 is 0 Å². The van der Waals surface area contributed by atoms with Crippen LogP contribution < -0.4 is 5.32 Å². The van der Waals surface area contributed by atoms with Crippen molar-refractivity contribution < 1.29 is 14.3 Å². The van der Waals surface area contributed by atoms with Crippen molar-refractivity contribution in [3.63, 3.8) is 0 Å². The molecule has 0 bridgehead atoms. The number of hydrogen-bond donors (Lipinski definition) is 1. The molecule has 124 valence electrons. The standard InChI is InChI=1S/C19H25NO3/c21-14-23-19(11-4-12-19)13-18(22)20-17-9-7-16(8-10-17)15-5-2-1-3-6-15/h1-3,5-6,14,16-17H,4,7-13H2,(H,20,22). The second-order valence-electron chi connectivity index (χ2n) is 6.95. The average Bonchev–Trinajstić information content (AvgIpc) is 2.54. The van der Waals surface area contributed by atoms with Gasteiger partial charge in [-0.05, 0) is 56.4 Å². The summed E-state index contributed by atoms with van der Waals surface area (Å²) in [6.07, 6.45) is 7.23. The van der Waals surface area contributed by atoms with Crippen molar-refractivity contribution >= 4 is 12.4 Å². The molecule has 0 heterocycles. The van der Waals surface area contributed by atoms with E-state index < -0.39 is 5.60 Å². The Morgan fingerprint density at radius 3 is 2.43 bits per heavy atom. The zero-order chi connectivity index (χ0) is 16.1. The minimum absolute atomic E-state index is 0.0229. The van der Waals surface area contributed by atoms with Gasteiger partial charge in [-0.3, -0.25) is 9.59 Å². The van der Waals surface area contributed by atoms with E-state index in [0.29, 0.717) is 18.8 Å². The van der Waals surface area contributed by atoms with Crippen molar-refractivity contribution in [1.82, 2.24) is 5.32 Å². The van der Waals surface area contributed by atoms with Gasteiger partial charge >= 0.3 is 0 Å². The fourth-order valence-electron chi connectivity index (χ4n) is 3.88.